The quantitative estimate of drug-likeness (QED) is 0.326. The average Bonchev–Trinajstić information content (AvgIpc) is 3.40. The number of carbonyl (C=O) groups is 1. The van der Waals surface area contributed by atoms with E-state index in [4.69, 9.17) is 14.5 Å². The standard InChI is InChI=1S/C32H40F3N3O4/c33-22-7-9-25(27-10-12-31(20-42-27)18-32(34,35)19-31)26(16-22)28(30(39)40)38-14-11-24(17-38)41-15-2-1-5-23-8-6-21-4-3-13-36-29(21)37-23/h6-9,16,24,27-28H,1-5,10-15,17-20H2,(H,36,37)(H,39,40). The Balaban J connectivity index is 1.02. The molecule has 0 amide bonds. The van der Waals surface area contributed by atoms with Crippen LogP contribution >= 0.6 is 0 Å². The van der Waals surface area contributed by atoms with Crippen LogP contribution in [0.2, 0.25) is 0 Å². The van der Waals surface area contributed by atoms with Crippen molar-refractivity contribution in [3.63, 3.8) is 0 Å². The predicted molar refractivity (Wildman–Crippen MR) is 151 cm³/mol. The van der Waals surface area contributed by atoms with Crippen molar-refractivity contribution >= 4 is 11.8 Å². The Morgan fingerprint density at radius 2 is 2.07 bits per heavy atom. The topological polar surface area (TPSA) is 83.9 Å². The van der Waals surface area contributed by atoms with Crippen LogP contribution in [0.15, 0.2) is 30.3 Å². The van der Waals surface area contributed by atoms with Crippen molar-refractivity contribution in [1.29, 1.82) is 0 Å². The highest BCUT2D eigenvalue weighted by Gasteiger charge is 2.57. The Hall–Kier alpha value is -2.69. The molecule has 3 unspecified atom stereocenters. The lowest BCUT2D eigenvalue weighted by atomic mass is 9.62. The zero-order chi connectivity index (χ0) is 29.3. The molecule has 2 aromatic rings. The van der Waals surface area contributed by atoms with Gasteiger partial charge in [-0.05, 0) is 86.3 Å². The van der Waals surface area contributed by atoms with Crippen LogP contribution in [0, 0.1) is 11.2 Å². The Kier molecular flexibility index (Phi) is 8.49. The van der Waals surface area contributed by atoms with Gasteiger partial charge in [0.1, 0.15) is 17.7 Å². The maximum atomic E-state index is 14.5. The van der Waals surface area contributed by atoms with E-state index in [1.807, 2.05) is 4.90 Å². The van der Waals surface area contributed by atoms with E-state index in [0.717, 1.165) is 50.2 Å². The number of nitrogens with zero attached hydrogens (tertiary/aromatic N) is 2. The number of halogens is 3. The van der Waals surface area contributed by atoms with Gasteiger partial charge in [0.15, 0.2) is 0 Å². The van der Waals surface area contributed by atoms with Crippen molar-refractivity contribution in [3.05, 3.63) is 58.5 Å². The van der Waals surface area contributed by atoms with Gasteiger partial charge in [0.25, 0.3) is 0 Å². The molecule has 1 spiro atoms. The number of aryl methyl sites for hydroxylation is 2. The maximum absolute atomic E-state index is 14.5. The minimum Gasteiger partial charge on any atom is -0.480 e. The van der Waals surface area contributed by atoms with Crippen LogP contribution in [0.1, 0.15) is 85.9 Å². The minimum atomic E-state index is -2.63. The number of carboxylic acids is 1. The fourth-order valence-electron chi connectivity index (χ4n) is 7.29. The Labute approximate surface area is 244 Å². The Bertz CT molecular complexity index is 1270. The van der Waals surface area contributed by atoms with Crippen LogP contribution in [0.3, 0.4) is 0 Å². The number of likely N-dealkylation sites (tertiary alicyclic amines) is 1. The van der Waals surface area contributed by atoms with Gasteiger partial charge < -0.3 is 19.9 Å². The number of hydrogen-bond donors (Lipinski definition) is 2. The molecule has 1 saturated carbocycles. The van der Waals surface area contributed by atoms with Crippen LogP contribution in [0.4, 0.5) is 19.0 Å². The van der Waals surface area contributed by atoms with E-state index in [2.05, 4.69) is 17.4 Å². The number of aliphatic carboxylic acids is 1. The van der Waals surface area contributed by atoms with Crippen molar-refractivity contribution in [3.8, 4) is 0 Å². The second-order valence-corrected chi connectivity index (χ2v) is 12.6. The minimum absolute atomic E-state index is 0.0963. The van der Waals surface area contributed by atoms with Crippen molar-refractivity contribution in [2.45, 2.75) is 88.4 Å². The van der Waals surface area contributed by atoms with Gasteiger partial charge in [0.2, 0.25) is 5.92 Å². The molecule has 3 aliphatic heterocycles. The summed E-state index contributed by atoms with van der Waals surface area (Å²) < 4.78 is 53.7. The lowest BCUT2D eigenvalue weighted by molar-refractivity contribution is -0.212. The highest BCUT2D eigenvalue weighted by Crippen LogP contribution is 2.58. The lowest BCUT2D eigenvalue weighted by Gasteiger charge is -2.51. The molecule has 2 saturated heterocycles. The number of aromatic nitrogens is 1. The summed E-state index contributed by atoms with van der Waals surface area (Å²) in [5.41, 5.74) is 2.85. The number of rotatable bonds is 10. The SMILES string of the molecule is O=C(O)C(c1cc(F)ccc1C1CCC2(CO1)CC(F)(F)C2)N1CCC(OCCCCc2ccc3c(n2)NCCC3)C1. The summed E-state index contributed by atoms with van der Waals surface area (Å²) in [5, 5.41) is 13.6. The third-order valence-corrected chi connectivity index (χ3v) is 9.39. The van der Waals surface area contributed by atoms with E-state index in [0.29, 0.717) is 50.1 Å². The first-order valence-electron chi connectivity index (χ1n) is 15.3. The molecule has 4 aliphatic rings. The number of hydrogen-bond acceptors (Lipinski definition) is 6. The van der Waals surface area contributed by atoms with Gasteiger partial charge in [0.05, 0.1) is 18.8 Å². The number of unbranched alkanes of at least 4 members (excludes halogenated alkanes) is 1. The first kappa shape index (κ1) is 29.4. The third-order valence-electron chi connectivity index (χ3n) is 9.39. The van der Waals surface area contributed by atoms with Crippen LogP contribution in [0.5, 0.6) is 0 Å². The van der Waals surface area contributed by atoms with Crippen LogP contribution < -0.4 is 5.32 Å². The molecule has 42 heavy (non-hydrogen) atoms. The number of nitrogens with one attached hydrogen (secondary N) is 1. The number of ether oxygens (including phenoxy) is 2. The van der Waals surface area contributed by atoms with Crippen LogP contribution in [-0.4, -0.2) is 65.8 Å². The molecule has 7 nitrogen and oxygen atoms in total. The summed E-state index contributed by atoms with van der Waals surface area (Å²) in [6, 6.07) is 7.43. The zero-order valence-electron chi connectivity index (χ0n) is 23.9. The molecule has 1 aromatic carbocycles. The lowest BCUT2D eigenvalue weighted by Crippen LogP contribution is -2.51. The summed E-state index contributed by atoms with van der Waals surface area (Å²) in [6.07, 6.45) is 5.83. The molecule has 3 fully saturated rings. The normalized spacial score (nSPS) is 25.4. The molecular formula is C32H40F3N3O4. The highest BCUT2D eigenvalue weighted by molar-refractivity contribution is 5.76. The largest absolute Gasteiger partial charge is 0.480 e. The molecular weight excluding hydrogens is 547 g/mol. The van der Waals surface area contributed by atoms with E-state index < -0.39 is 35.3 Å². The second kappa shape index (κ2) is 12.1. The molecule has 228 valence electrons. The van der Waals surface area contributed by atoms with Gasteiger partial charge in [-0.15, -0.1) is 0 Å². The first-order chi connectivity index (χ1) is 20.2. The first-order valence-corrected chi connectivity index (χ1v) is 15.3. The van der Waals surface area contributed by atoms with Gasteiger partial charge in [-0.1, -0.05) is 12.1 Å². The smallest absolute Gasteiger partial charge is 0.325 e. The molecule has 2 N–H and O–H groups in total. The number of pyridine rings is 1. The van der Waals surface area contributed by atoms with E-state index in [1.54, 1.807) is 6.07 Å². The molecule has 4 heterocycles. The van der Waals surface area contributed by atoms with E-state index in [1.165, 1.54) is 17.7 Å². The summed E-state index contributed by atoms with van der Waals surface area (Å²) >= 11 is 0. The molecule has 6 rings (SSSR count). The van der Waals surface area contributed by atoms with E-state index in [9.17, 15) is 23.1 Å². The summed E-state index contributed by atoms with van der Waals surface area (Å²) in [5.74, 6) is -3.18. The average molecular weight is 588 g/mol. The molecule has 1 aromatic heterocycles. The van der Waals surface area contributed by atoms with Crippen LogP contribution in [-0.2, 0) is 27.1 Å². The van der Waals surface area contributed by atoms with Gasteiger partial charge in [-0.25, -0.2) is 18.2 Å². The number of anilines is 1. The molecule has 10 heteroatoms. The van der Waals surface area contributed by atoms with Gasteiger partial charge in [0, 0.05) is 50.2 Å². The molecule has 0 radical (unpaired) electrons. The van der Waals surface area contributed by atoms with Crippen molar-refractivity contribution < 1.29 is 32.5 Å². The second-order valence-electron chi connectivity index (χ2n) is 12.6. The number of fused-ring (bicyclic) bond motifs is 1. The molecule has 3 atom stereocenters. The van der Waals surface area contributed by atoms with Gasteiger partial charge in [-0.2, -0.15) is 0 Å². The van der Waals surface area contributed by atoms with Gasteiger partial charge in [-0.3, -0.25) is 9.69 Å². The van der Waals surface area contributed by atoms with E-state index >= 15 is 0 Å². The van der Waals surface area contributed by atoms with Crippen molar-refractivity contribution in [2.24, 2.45) is 5.41 Å². The van der Waals surface area contributed by atoms with Gasteiger partial charge >= 0.3 is 5.97 Å². The zero-order valence-corrected chi connectivity index (χ0v) is 23.9. The molecule has 0 bridgehead atoms. The number of carboxylic acid groups (broad SMARTS) is 1. The predicted octanol–water partition coefficient (Wildman–Crippen LogP) is 6.09. The summed E-state index contributed by atoms with van der Waals surface area (Å²) in [7, 11) is 0. The fraction of sp³-hybridized carbons (Fsp3) is 0.625. The fourth-order valence-corrected chi connectivity index (χ4v) is 7.29. The Morgan fingerprint density at radius 3 is 2.83 bits per heavy atom. The summed E-state index contributed by atoms with van der Waals surface area (Å²) in [4.78, 5) is 19.1. The number of alkyl halides is 2. The summed E-state index contributed by atoms with van der Waals surface area (Å²) in [6.45, 7) is 2.72. The highest BCUT2D eigenvalue weighted by atomic mass is 19.3. The third kappa shape index (κ3) is 6.45. The monoisotopic (exact) mass is 587 g/mol. The van der Waals surface area contributed by atoms with E-state index in [-0.39, 0.29) is 25.6 Å². The van der Waals surface area contributed by atoms with Crippen LogP contribution in [0.25, 0.3) is 0 Å². The molecule has 1 aliphatic carbocycles. The maximum Gasteiger partial charge on any atom is 0.325 e. The number of benzene rings is 1. The Morgan fingerprint density at radius 1 is 1.21 bits per heavy atom. The van der Waals surface area contributed by atoms with Crippen molar-refractivity contribution in [1.82, 2.24) is 9.88 Å². The van der Waals surface area contributed by atoms with Crippen molar-refractivity contribution in [2.75, 3.05) is 38.2 Å².